The summed E-state index contributed by atoms with van der Waals surface area (Å²) in [6.07, 6.45) is 42.8. The fraction of sp³-hybridized carbons (Fsp3) is 0.938. The molecule has 0 amide bonds. The maximum atomic E-state index is 12.9. The van der Waals surface area contributed by atoms with Crippen LogP contribution >= 0.6 is 0 Å². The van der Waals surface area contributed by atoms with E-state index in [4.69, 9.17) is 4.74 Å². The summed E-state index contributed by atoms with van der Waals surface area (Å²) in [4.78, 5) is 12.9. The Hall–Kier alpha value is -0.790. The summed E-state index contributed by atoms with van der Waals surface area (Å²) < 4.78 is 6.15. The summed E-state index contributed by atoms with van der Waals surface area (Å²) in [7, 11) is 0. The molecule has 0 aromatic carbocycles. The quantitative estimate of drug-likeness (QED) is 0.0540. The zero-order chi connectivity index (χ0) is 35.8. The highest BCUT2D eigenvalue weighted by Crippen LogP contribution is 2.67. The average Bonchev–Trinajstić information content (AvgIpc) is 3.45. The molecule has 0 N–H and O–H groups in total. The molecule has 4 rings (SSSR count). The van der Waals surface area contributed by atoms with Crippen LogP contribution in [-0.2, 0) is 9.53 Å². The molecule has 0 radical (unpaired) electrons. The first kappa shape index (κ1) is 42.0. The van der Waals surface area contributed by atoms with Crippen LogP contribution in [0.5, 0.6) is 0 Å². The molecule has 4 aliphatic carbocycles. The summed E-state index contributed by atoms with van der Waals surface area (Å²) >= 11 is 0. The van der Waals surface area contributed by atoms with Crippen molar-refractivity contribution in [3.63, 3.8) is 0 Å². The summed E-state index contributed by atoms with van der Waals surface area (Å²) in [6.45, 7) is 15.0. The van der Waals surface area contributed by atoms with Crippen LogP contribution in [0.2, 0.25) is 0 Å². The Balaban J connectivity index is 1.05. The van der Waals surface area contributed by atoms with E-state index in [0.29, 0.717) is 17.3 Å². The van der Waals surface area contributed by atoms with Crippen molar-refractivity contribution in [2.45, 2.75) is 240 Å². The van der Waals surface area contributed by atoms with Crippen LogP contribution in [0.3, 0.4) is 0 Å². The topological polar surface area (TPSA) is 26.3 Å². The number of carbonyl (C=O) groups is 1. The molecule has 3 fully saturated rings. The molecule has 2 heteroatoms. The van der Waals surface area contributed by atoms with Crippen LogP contribution in [0.4, 0.5) is 0 Å². The lowest BCUT2D eigenvalue weighted by atomic mass is 9.47. The maximum absolute atomic E-state index is 12.9. The molecule has 0 bridgehead atoms. The van der Waals surface area contributed by atoms with Crippen LogP contribution < -0.4 is 0 Å². The van der Waals surface area contributed by atoms with Gasteiger partial charge in [0, 0.05) is 12.8 Å². The minimum absolute atomic E-state index is 0.0670. The van der Waals surface area contributed by atoms with E-state index in [9.17, 15) is 4.79 Å². The first-order valence-corrected chi connectivity index (χ1v) is 23.1. The van der Waals surface area contributed by atoms with E-state index >= 15 is 0 Å². The average molecular weight is 695 g/mol. The number of rotatable bonds is 25. The minimum Gasteiger partial charge on any atom is -0.462 e. The number of carbonyl (C=O) groups excluding carboxylic acids is 1. The van der Waals surface area contributed by atoms with Gasteiger partial charge in [-0.25, -0.2) is 0 Å². The predicted octanol–water partition coefficient (Wildman–Crippen LogP) is 15.4. The molecular weight excluding hydrogens is 609 g/mol. The molecule has 0 saturated heterocycles. The molecule has 4 aliphatic rings. The number of unbranched alkanes of at least 4 members (excludes halogenated alkanes) is 17. The number of allylic oxidation sites excluding steroid dienone is 1. The van der Waals surface area contributed by atoms with Crippen molar-refractivity contribution in [3.05, 3.63) is 11.6 Å². The van der Waals surface area contributed by atoms with Gasteiger partial charge in [0.25, 0.3) is 0 Å². The van der Waals surface area contributed by atoms with Crippen LogP contribution in [0.25, 0.3) is 0 Å². The molecule has 0 spiro atoms. The first-order valence-electron chi connectivity index (χ1n) is 23.1. The van der Waals surface area contributed by atoms with Gasteiger partial charge in [-0.1, -0.05) is 182 Å². The molecule has 0 heterocycles. The molecule has 2 nitrogen and oxygen atoms in total. The van der Waals surface area contributed by atoms with E-state index in [2.05, 4.69) is 47.6 Å². The normalized spacial score (nSPS) is 31.2. The van der Waals surface area contributed by atoms with E-state index in [1.54, 1.807) is 5.57 Å². The van der Waals surface area contributed by atoms with Crippen molar-refractivity contribution in [2.24, 2.45) is 46.3 Å². The standard InChI is InChI=1S/C48H86O2/c1-7-8-9-10-11-12-13-14-15-16-17-18-19-20-21-22-23-24-28-46(49)50-41-33-35-47(5)40(37-41)29-30-42-44-32-31-43(39(4)27-25-26-38(2)3)48(44,6)36-34-45(42)47/h29,38-39,41-45H,7-28,30-37H2,1-6H3. The van der Waals surface area contributed by atoms with Gasteiger partial charge in [-0.05, 0) is 97.7 Å². The van der Waals surface area contributed by atoms with Crippen LogP contribution in [-0.4, -0.2) is 12.1 Å². The second-order valence-corrected chi connectivity index (χ2v) is 19.4. The number of fused-ring (bicyclic) bond motifs is 5. The van der Waals surface area contributed by atoms with Crippen molar-refractivity contribution in [1.29, 1.82) is 0 Å². The monoisotopic (exact) mass is 695 g/mol. The van der Waals surface area contributed by atoms with Crippen molar-refractivity contribution < 1.29 is 9.53 Å². The van der Waals surface area contributed by atoms with E-state index < -0.39 is 0 Å². The Labute approximate surface area is 312 Å². The first-order chi connectivity index (χ1) is 24.2. The third-order valence-electron chi connectivity index (χ3n) is 15.3. The highest BCUT2D eigenvalue weighted by molar-refractivity contribution is 5.69. The van der Waals surface area contributed by atoms with Crippen molar-refractivity contribution in [3.8, 4) is 0 Å². The van der Waals surface area contributed by atoms with Gasteiger partial charge in [0.15, 0.2) is 0 Å². The van der Waals surface area contributed by atoms with Crippen molar-refractivity contribution >= 4 is 5.97 Å². The molecule has 0 aromatic heterocycles. The zero-order valence-electron chi connectivity index (χ0n) is 34.6. The summed E-state index contributed by atoms with van der Waals surface area (Å²) in [5, 5.41) is 0. The van der Waals surface area contributed by atoms with Crippen molar-refractivity contribution in [2.75, 3.05) is 0 Å². The van der Waals surface area contributed by atoms with E-state index in [-0.39, 0.29) is 12.1 Å². The highest BCUT2D eigenvalue weighted by atomic mass is 16.5. The predicted molar refractivity (Wildman–Crippen MR) is 216 cm³/mol. The zero-order valence-corrected chi connectivity index (χ0v) is 34.6. The van der Waals surface area contributed by atoms with Crippen LogP contribution in [0.1, 0.15) is 234 Å². The van der Waals surface area contributed by atoms with Gasteiger partial charge in [-0.3, -0.25) is 4.79 Å². The molecule has 50 heavy (non-hydrogen) atoms. The van der Waals surface area contributed by atoms with Gasteiger partial charge < -0.3 is 4.74 Å². The lowest BCUT2D eigenvalue weighted by Crippen LogP contribution is -2.51. The summed E-state index contributed by atoms with van der Waals surface area (Å²) in [5.74, 6) is 5.34. The van der Waals surface area contributed by atoms with Gasteiger partial charge >= 0.3 is 5.97 Å². The highest BCUT2D eigenvalue weighted by Gasteiger charge is 2.59. The molecule has 8 atom stereocenters. The molecular formula is C48H86O2. The lowest BCUT2D eigenvalue weighted by Gasteiger charge is -2.58. The second-order valence-electron chi connectivity index (χ2n) is 19.4. The van der Waals surface area contributed by atoms with E-state index in [0.717, 1.165) is 54.8 Å². The SMILES string of the molecule is CCCCCCCCCCCCCCCCCCCCC(=O)OC1CCC2(C)C(=CCC3C2CCC2(C)C(C(C)CCCC(C)C)CCC32)C1. The summed E-state index contributed by atoms with van der Waals surface area (Å²) in [5.41, 5.74) is 2.54. The van der Waals surface area contributed by atoms with Gasteiger partial charge in [0.2, 0.25) is 0 Å². The number of esters is 1. The Morgan fingerprint density at radius 1 is 0.700 bits per heavy atom. The Kier molecular flexibility index (Phi) is 18.3. The van der Waals surface area contributed by atoms with Crippen LogP contribution in [0, 0.1) is 46.3 Å². The van der Waals surface area contributed by atoms with E-state index in [1.165, 1.54) is 167 Å². The number of hydrogen-bond acceptors (Lipinski definition) is 2. The Morgan fingerprint density at radius 2 is 1.28 bits per heavy atom. The summed E-state index contributed by atoms with van der Waals surface area (Å²) in [6, 6.07) is 0. The fourth-order valence-electron chi connectivity index (χ4n) is 12.2. The third-order valence-corrected chi connectivity index (χ3v) is 15.3. The molecule has 8 unspecified atom stereocenters. The van der Waals surface area contributed by atoms with Gasteiger partial charge in [0.1, 0.15) is 6.10 Å². The number of hydrogen-bond donors (Lipinski definition) is 0. The van der Waals surface area contributed by atoms with Gasteiger partial charge in [-0.15, -0.1) is 0 Å². The maximum Gasteiger partial charge on any atom is 0.306 e. The second kappa shape index (κ2) is 21.8. The van der Waals surface area contributed by atoms with E-state index in [1.807, 2.05) is 0 Å². The largest absolute Gasteiger partial charge is 0.462 e. The van der Waals surface area contributed by atoms with Gasteiger partial charge in [-0.2, -0.15) is 0 Å². The molecule has 0 aromatic rings. The fourth-order valence-corrected chi connectivity index (χ4v) is 12.2. The van der Waals surface area contributed by atoms with Crippen molar-refractivity contribution in [1.82, 2.24) is 0 Å². The Morgan fingerprint density at radius 3 is 1.86 bits per heavy atom. The Bertz CT molecular complexity index is 981. The molecule has 3 saturated carbocycles. The van der Waals surface area contributed by atoms with Crippen LogP contribution in [0.15, 0.2) is 11.6 Å². The lowest BCUT2D eigenvalue weighted by molar-refractivity contribution is -0.151. The third kappa shape index (κ3) is 12.1. The molecule has 0 aliphatic heterocycles. The van der Waals surface area contributed by atoms with Gasteiger partial charge in [0.05, 0.1) is 0 Å². The molecule has 290 valence electrons. The minimum atomic E-state index is 0.0670. The smallest absolute Gasteiger partial charge is 0.306 e. The number of ether oxygens (including phenoxy) is 1.